The van der Waals surface area contributed by atoms with E-state index in [1.807, 2.05) is 0 Å². The molecule has 0 aromatic rings. The molecule has 1 rings (SSSR count). The standard InChI is InChI=1S/C9H19N3O3S/c1-9(13)11-4-2-5-12(7-6-11)16(14,15)8-3-10/h2-8,10H2,1H3. The first-order valence-corrected chi connectivity index (χ1v) is 7.01. The van der Waals surface area contributed by atoms with Crippen LogP contribution in [-0.4, -0.2) is 62.0 Å². The number of nitrogens with two attached hydrogens (primary N) is 1. The molecule has 6 nitrogen and oxygen atoms in total. The minimum Gasteiger partial charge on any atom is -0.342 e. The van der Waals surface area contributed by atoms with Gasteiger partial charge in [-0.15, -0.1) is 0 Å². The highest BCUT2D eigenvalue weighted by molar-refractivity contribution is 7.89. The van der Waals surface area contributed by atoms with Gasteiger partial charge in [-0.25, -0.2) is 12.7 Å². The third-order valence-electron chi connectivity index (χ3n) is 2.67. The zero-order chi connectivity index (χ0) is 12.2. The van der Waals surface area contributed by atoms with Crippen LogP contribution in [0.4, 0.5) is 0 Å². The maximum atomic E-state index is 11.8. The van der Waals surface area contributed by atoms with E-state index in [0.29, 0.717) is 32.6 Å². The fourth-order valence-electron chi connectivity index (χ4n) is 1.76. The summed E-state index contributed by atoms with van der Waals surface area (Å²) >= 11 is 0. The van der Waals surface area contributed by atoms with Gasteiger partial charge < -0.3 is 10.6 Å². The van der Waals surface area contributed by atoms with Crippen molar-refractivity contribution in [2.45, 2.75) is 13.3 Å². The molecule has 1 heterocycles. The first-order valence-electron chi connectivity index (χ1n) is 5.41. The summed E-state index contributed by atoms with van der Waals surface area (Å²) in [5.41, 5.74) is 5.27. The molecule has 16 heavy (non-hydrogen) atoms. The smallest absolute Gasteiger partial charge is 0.219 e. The third-order valence-corrected chi connectivity index (χ3v) is 4.57. The summed E-state index contributed by atoms with van der Waals surface area (Å²) in [6.07, 6.45) is 0.684. The second kappa shape index (κ2) is 5.60. The van der Waals surface area contributed by atoms with Crippen LogP contribution in [0.2, 0.25) is 0 Å². The van der Waals surface area contributed by atoms with Crippen molar-refractivity contribution in [1.29, 1.82) is 0 Å². The number of hydrogen-bond acceptors (Lipinski definition) is 4. The zero-order valence-electron chi connectivity index (χ0n) is 9.55. The van der Waals surface area contributed by atoms with E-state index >= 15 is 0 Å². The SMILES string of the molecule is CC(=O)N1CCCN(S(=O)(=O)CCN)CC1. The number of rotatable bonds is 3. The molecule has 0 saturated carbocycles. The van der Waals surface area contributed by atoms with Gasteiger partial charge in [-0.1, -0.05) is 0 Å². The quantitative estimate of drug-likeness (QED) is 0.683. The second-order valence-corrected chi connectivity index (χ2v) is 5.95. The molecule has 2 N–H and O–H groups in total. The Hall–Kier alpha value is -0.660. The van der Waals surface area contributed by atoms with Gasteiger partial charge >= 0.3 is 0 Å². The normalized spacial score (nSPS) is 19.5. The lowest BCUT2D eigenvalue weighted by molar-refractivity contribution is -0.128. The van der Waals surface area contributed by atoms with Gasteiger partial charge in [0.1, 0.15) is 0 Å². The third kappa shape index (κ3) is 3.43. The molecule has 0 aromatic carbocycles. The Kier molecular flexibility index (Phi) is 4.69. The fraction of sp³-hybridized carbons (Fsp3) is 0.889. The van der Waals surface area contributed by atoms with E-state index in [4.69, 9.17) is 5.73 Å². The van der Waals surface area contributed by atoms with E-state index in [2.05, 4.69) is 0 Å². The lowest BCUT2D eigenvalue weighted by Crippen LogP contribution is -2.38. The van der Waals surface area contributed by atoms with Crippen LogP contribution in [0.5, 0.6) is 0 Å². The highest BCUT2D eigenvalue weighted by atomic mass is 32.2. The van der Waals surface area contributed by atoms with Crippen LogP contribution in [0.25, 0.3) is 0 Å². The van der Waals surface area contributed by atoms with E-state index < -0.39 is 10.0 Å². The van der Waals surface area contributed by atoms with Crippen LogP contribution in [0.1, 0.15) is 13.3 Å². The Balaban J connectivity index is 2.63. The molecule has 0 radical (unpaired) electrons. The zero-order valence-corrected chi connectivity index (χ0v) is 10.4. The predicted molar refractivity (Wildman–Crippen MR) is 61.3 cm³/mol. The predicted octanol–water partition coefficient (Wildman–Crippen LogP) is -1.17. The second-order valence-electron chi connectivity index (χ2n) is 3.86. The molecule has 1 aliphatic rings. The summed E-state index contributed by atoms with van der Waals surface area (Å²) in [4.78, 5) is 12.9. The summed E-state index contributed by atoms with van der Waals surface area (Å²) in [5, 5.41) is 0. The molecule has 1 fully saturated rings. The van der Waals surface area contributed by atoms with E-state index in [9.17, 15) is 13.2 Å². The molecule has 0 bridgehead atoms. The van der Waals surface area contributed by atoms with Crippen molar-refractivity contribution in [3.63, 3.8) is 0 Å². The molecular weight excluding hydrogens is 230 g/mol. The maximum Gasteiger partial charge on any atom is 0.219 e. The highest BCUT2D eigenvalue weighted by Crippen LogP contribution is 2.08. The van der Waals surface area contributed by atoms with Gasteiger partial charge in [0.15, 0.2) is 0 Å². The maximum absolute atomic E-state index is 11.8. The Morgan fingerprint density at radius 3 is 2.50 bits per heavy atom. The average Bonchev–Trinajstić information content (AvgIpc) is 2.42. The molecule has 0 aliphatic carbocycles. The first kappa shape index (κ1) is 13.4. The van der Waals surface area contributed by atoms with Crippen LogP contribution >= 0.6 is 0 Å². The molecule has 1 amide bonds. The lowest BCUT2D eigenvalue weighted by atomic mass is 10.4. The van der Waals surface area contributed by atoms with Gasteiger partial charge in [-0.2, -0.15) is 0 Å². The van der Waals surface area contributed by atoms with Crippen LogP contribution in [0.3, 0.4) is 0 Å². The largest absolute Gasteiger partial charge is 0.342 e. The molecule has 94 valence electrons. The molecule has 1 aliphatic heterocycles. The van der Waals surface area contributed by atoms with Crippen molar-refractivity contribution in [2.24, 2.45) is 5.73 Å². The summed E-state index contributed by atoms with van der Waals surface area (Å²) in [7, 11) is -3.24. The average molecular weight is 249 g/mol. The molecule has 0 unspecified atom stereocenters. The first-order chi connectivity index (χ1) is 7.47. The van der Waals surface area contributed by atoms with E-state index in [0.717, 1.165) is 0 Å². The Morgan fingerprint density at radius 1 is 1.25 bits per heavy atom. The molecule has 0 aromatic heterocycles. The van der Waals surface area contributed by atoms with Gasteiger partial charge in [0.05, 0.1) is 5.75 Å². The van der Waals surface area contributed by atoms with Crippen LogP contribution in [0, 0.1) is 0 Å². The summed E-state index contributed by atoms with van der Waals surface area (Å²) < 4.78 is 24.9. The molecule has 1 saturated heterocycles. The van der Waals surface area contributed by atoms with Crippen molar-refractivity contribution in [3.05, 3.63) is 0 Å². The Labute approximate surface area is 96.4 Å². The van der Waals surface area contributed by atoms with Gasteiger partial charge in [0, 0.05) is 39.6 Å². The van der Waals surface area contributed by atoms with Crippen LogP contribution in [0.15, 0.2) is 0 Å². The van der Waals surface area contributed by atoms with Crippen LogP contribution in [-0.2, 0) is 14.8 Å². The van der Waals surface area contributed by atoms with Gasteiger partial charge in [0.25, 0.3) is 0 Å². The highest BCUT2D eigenvalue weighted by Gasteiger charge is 2.24. The van der Waals surface area contributed by atoms with Crippen molar-refractivity contribution >= 4 is 15.9 Å². The molecular formula is C9H19N3O3S. The lowest BCUT2D eigenvalue weighted by Gasteiger charge is -2.20. The summed E-state index contributed by atoms with van der Waals surface area (Å²) in [6, 6.07) is 0. The number of sulfonamides is 1. The number of carbonyl (C=O) groups is 1. The van der Waals surface area contributed by atoms with Crippen molar-refractivity contribution < 1.29 is 13.2 Å². The van der Waals surface area contributed by atoms with Crippen LogP contribution < -0.4 is 5.73 Å². The molecule has 7 heteroatoms. The van der Waals surface area contributed by atoms with E-state index in [1.54, 1.807) is 4.90 Å². The van der Waals surface area contributed by atoms with Crippen molar-refractivity contribution in [3.8, 4) is 0 Å². The molecule has 0 spiro atoms. The number of amides is 1. The summed E-state index contributed by atoms with van der Waals surface area (Å²) in [6.45, 7) is 3.59. The van der Waals surface area contributed by atoms with Crippen molar-refractivity contribution in [1.82, 2.24) is 9.21 Å². The van der Waals surface area contributed by atoms with Gasteiger partial charge in [-0.3, -0.25) is 4.79 Å². The Morgan fingerprint density at radius 2 is 1.94 bits per heavy atom. The monoisotopic (exact) mass is 249 g/mol. The minimum absolute atomic E-state index is 0.00178. The van der Waals surface area contributed by atoms with Crippen molar-refractivity contribution in [2.75, 3.05) is 38.5 Å². The number of nitrogens with zero attached hydrogens (tertiary/aromatic N) is 2. The minimum atomic E-state index is -3.24. The van der Waals surface area contributed by atoms with Gasteiger partial charge in [0.2, 0.25) is 15.9 Å². The van der Waals surface area contributed by atoms with Gasteiger partial charge in [-0.05, 0) is 6.42 Å². The summed E-state index contributed by atoms with van der Waals surface area (Å²) in [5.74, 6) is -0.0225. The fourth-order valence-corrected chi connectivity index (χ4v) is 3.09. The topological polar surface area (TPSA) is 83.7 Å². The van der Waals surface area contributed by atoms with E-state index in [-0.39, 0.29) is 18.2 Å². The molecule has 0 atom stereocenters. The number of hydrogen-bond donors (Lipinski definition) is 1. The Bertz CT molecular complexity index is 342. The van der Waals surface area contributed by atoms with E-state index in [1.165, 1.54) is 11.2 Å². The number of carbonyl (C=O) groups excluding carboxylic acids is 1.